The van der Waals surface area contributed by atoms with Gasteiger partial charge in [-0.1, -0.05) is 18.2 Å². The van der Waals surface area contributed by atoms with Crippen LogP contribution in [0.1, 0.15) is 18.7 Å². The molecule has 1 atom stereocenters. The highest BCUT2D eigenvalue weighted by molar-refractivity contribution is 5.75. The molecule has 2 rings (SSSR count). The minimum Gasteiger partial charge on any atom is -0.392 e. The number of aryl methyl sites for hydroxylation is 1. The van der Waals surface area contributed by atoms with Gasteiger partial charge >= 0.3 is 0 Å². The number of aliphatic hydroxyl groups is 1. The van der Waals surface area contributed by atoms with E-state index in [1.807, 2.05) is 38.4 Å². The van der Waals surface area contributed by atoms with Crippen molar-refractivity contribution in [2.45, 2.75) is 25.5 Å². The van der Waals surface area contributed by atoms with Crippen LogP contribution in [0.25, 0.3) is 11.0 Å². The highest BCUT2D eigenvalue weighted by atomic mass is 16.3. The average molecular weight is 273 g/mol. The summed E-state index contributed by atoms with van der Waals surface area (Å²) >= 11 is 0. The van der Waals surface area contributed by atoms with E-state index in [1.54, 1.807) is 0 Å². The summed E-state index contributed by atoms with van der Waals surface area (Å²) in [6.07, 6.45) is 3.14. The molecule has 1 heterocycles. The quantitative estimate of drug-likeness (QED) is 0.787. The van der Waals surface area contributed by atoms with Gasteiger partial charge in [0.25, 0.3) is 0 Å². The third-order valence-corrected chi connectivity index (χ3v) is 3.52. The van der Waals surface area contributed by atoms with Crippen LogP contribution < -0.4 is 0 Å². The lowest BCUT2D eigenvalue weighted by Gasteiger charge is -2.19. The van der Waals surface area contributed by atoms with Crippen LogP contribution in [0, 0.1) is 0 Å². The van der Waals surface area contributed by atoms with Crippen molar-refractivity contribution in [2.24, 2.45) is 7.05 Å². The molecule has 0 saturated carbocycles. The molecule has 0 aliphatic carbocycles. The maximum Gasteiger partial charge on any atom is 0.123 e. The fraction of sp³-hybridized carbons (Fsp3) is 0.438. The molecule has 0 amide bonds. The minimum atomic E-state index is -0.312. The largest absolute Gasteiger partial charge is 0.392 e. The van der Waals surface area contributed by atoms with Crippen molar-refractivity contribution < 1.29 is 5.11 Å². The first-order valence-corrected chi connectivity index (χ1v) is 6.99. The van der Waals surface area contributed by atoms with Gasteiger partial charge in [-0.25, -0.2) is 4.98 Å². The van der Waals surface area contributed by atoms with Crippen molar-refractivity contribution in [3.8, 4) is 0 Å². The molecule has 0 radical (unpaired) electrons. The molecule has 108 valence electrons. The van der Waals surface area contributed by atoms with Crippen LogP contribution in [-0.2, 0) is 13.6 Å². The van der Waals surface area contributed by atoms with Crippen molar-refractivity contribution in [2.75, 3.05) is 13.6 Å². The Morgan fingerprint density at radius 2 is 2.20 bits per heavy atom. The lowest BCUT2D eigenvalue weighted by atomic mass is 10.2. The Morgan fingerprint density at radius 1 is 1.45 bits per heavy atom. The summed E-state index contributed by atoms with van der Waals surface area (Å²) in [5.74, 6) is 1.02. The molecule has 0 spiro atoms. The van der Waals surface area contributed by atoms with Crippen molar-refractivity contribution in [3.05, 3.63) is 42.7 Å². The van der Waals surface area contributed by atoms with E-state index in [9.17, 15) is 5.11 Å². The Hall–Kier alpha value is -1.65. The molecule has 1 aromatic carbocycles. The molecule has 0 saturated heterocycles. The molecule has 0 aliphatic rings. The molecule has 4 nitrogen and oxygen atoms in total. The number of rotatable bonds is 7. The van der Waals surface area contributed by atoms with Crippen LogP contribution in [0.5, 0.6) is 0 Å². The summed E-state index contributed by atoms with van der Waals surface area (Å²) in [4.78, 5) is 6.75. The van der Waals surface area contributed by atoms with E-state index in [0.717, 1.165) is 36.2 Å². The number of para-hydroxylation sites is 2. The normalized spacial score (nSPS) is 13.0. The van der Waals surface area contributed by atoms with Gasteiger partial charge in [0.15, 0.2) is 0 Å². The Labute approximate surface area is 120 Å². The summed E-state index contributed by atoms with van der Waals surface area (Å²) in [5.41, 5.74) is 2.16. The Bertz CT molecular complexity index is 576. The molecule has 2 aromatic rings. The zero-order valence-corrected chi connectivity index (χ0v) is 12.3. The predicted molar refractivity (Wildman–Crippen MR) is 82.5 cm³/mol. The van der Waals surface area contributed by atoms with E-state index in [1.165, 1.54) is 0 Å². The fourth-order valence-corrected chi connectivity index (χ4v) is 2.40. The first kappa shape index (κ1) is 14.8. The second kappa shape index (κ2) is 6.68. The third-order valence-electron chi connectivity index (χ3n) is 3.52. The second-order valence-electron chi connectivity index (χ2n) is 5.29. The number of benzene rings is 1. The number of hydrogen-bond donors (Lipinski definition) is 1. The molecule has 0 aliphatic heterocycles. The number of likely N-dealkylation sites (N-methyl/N-ethyl adjacent to an activating group) is 1. The first-order chi connectivity index (χ1) is 9.61. The summed E-state index contributed by atoms with van der Waals surface area (Å²) < 4.78 is 2.11. The number of aromatic nitrogens is 2. The number of fused-ring (bicyclic) bond motifs is 1. The molecule has 0 fully saturated rings. The summed E-state index contributed by atoms with van der Waals surface area (Å²) in [5, 5.41) is 9.92. The maximum absolute atomic E-state index is 9.92. The van der Waals surface area contributed by atoms with E-state index in [2.05, 4.69) is 27.1 Å². The Kier molecular flexibility index (Phi) is 4.93. The lowest BCUT2D eigenvalue weighted by Crippen LogP contribution is -2.29. The van der Waals surface area contributed by atoms with Gasteiger partial charge in [0.05, 0.1) is 23.7 Å². The van der Waals surface area contributed by atoms with Crippen molar-refractivity contribution in [1.82, 2.24) is 14.5 Å². The fourth-order valence-electron chi connectivity index (χ4n) is 2.40. The monoisotopic (exact) mass is 273 g/mol. The van der Waals surface area contributed by atoms with Gasteiger partial charge in [-0.2, -0.15) is 0 Å². The smallest absolute Gasteiger partial charge is 0.123 e. The highest BCUT2D eigenvalue weighted by Crippen LogP contribution is 2.15. The number of imidazole rings is 1. The van der Waals surface area contributed by atoms with Gasteiger partial charge < -0.3 is 9.67 Å². The molecular weight excluding hydrogens is 250 g/mol. The average Bonchev–Trinajstić information content (AvgIpc) is 2.73. The van der Waals surface area contributed by atoms with Crippen LogP contribution in [0.3, 0.4) is 0 Å². The van der Waals surface area contributed by atoms with Gasteiger partial charge in [0.2, 0.25) is 0 Å². The zero-order chi connectivity index (χ0) is 14.5. The standard InChI is InChI=1S/C16H23N3O/c1-4-5-8-13(20)11-18(2)12-16-17-14-9-6-7-10-15(14)19(16)3/h4,6-7,9-10,13,20H,1,5,8,11-12H2,2-3H3. The molecule has 4 heteroatoms. The van der Waals surface area contributed by atoms with E-state index < -0.39 is 0 Å². The molecule has 1 N–H and O–H groups in total. The van der Waals surface area contributed by atoms with E-state index in [-0.39, 0.29) is 6.10 Å². The number of allylic oxidation sites excluding steroid dienone is 1. The van der Waals surface area contributed by atoms with Gasteiger partial charge in [-0.15, -0.1) is 6.58 Å². The number of nitrogens with zero attached hydrogens (tertiary/aromatic N) is 3. The topological polar surface area (TPSA) is 41.3 Å². The lowest BCUT2D eigenvalue weighted by molar-refractivity contribution is 0.114. The van der Waals surface area contributed by atoms with Crippen LogP contribution in [0.15, 0.2) is 36.9 Å². The predicted octanol–water partition coefficient (Wildman–Crippen LogP) is 2.33. The third kappa shape index (κ3) is 3.46. The van der Waals surface area contributed by atoms with E-state index in [4.69, 9.17) is 0 Å². The van der Waals surface area contributed by atoms with Gasteiger partial charge in [0, 0.05) is 13.6 Å². The van der Waals surface area contributed by atoms with E-state index in [0.29, 0.717) is 6.54 Å². The van der Waals surface area contributed by atoms with Gasteiger partial charge in [0.1, 0.15) is 5.82 Å². The summed E-state index contributed by atoms with van der Waals surface area (Å²) in [7, 11) is 4.04. The molecule has 0 bridgehead atoms. The summed E-state index contributed by atoms with van der Waals surface area (Å²) in [6.45, 7) is 5.06. The maximum atomic E-state index is 9.92. The molecule has 1 aromatic heterocycles. The van der Waals surface area contributed by atoms with Crippen molar-refractivity contribution in [1.29, 1.82) is 0 Å². The second-order valence-corrected chi connectivity index (χ2v) is 5.29. The SMILES string of the molecule is C=CCCC(O)CN(C)Cc1nc2ccccc2n1C. The molecular formula is C16H23N3O. The minimum absolute atomic E-state index is 0.312. The van der Waals surface area contributed by atoms with Crippen molar-refractivity contribution >= 4 is 11.0 Å². The highest BCUT2D eigenvalue weighted by Gasteiger charge is 2.12. The number of aliphatic hydroxyl groups excluding tert-OH is 1. The van der Waals surface area contributed by atoms with E-state index >= 15 is 0 Å². The summed E-state index contributed by atoms with van der Waals surface area (Å²) in [6, 6.07) is 8.13. The molecule has 20 heavy (non-hydrogen) atoms. The zero-order valence-electron chi connectivity index (χ0n) is 12.3. The Morgan fingerprint density at radius 3 is 2.90 bits per heavy atom. The van der Waals surface area contributed by atoms with Crippen LogP contribution in [0.2, 0.25) is 0 Å². The van der Waals surface area contributed by atoms with Crippen LogP contribution in [-0.4, -0.2) is 39.3 Å². The number of hydrogen-bond acceptors (Lipinski definition) is 3. The van der Waals surface area contributed by atoms with Crippen LogP contribution in [0.4, 0.5) is 0 Å². The van der Waals surface area contributed by atoms with Gasteiger partial charge in [-0.3, -0.25) is 4.90 Å². The van der Waals surface area contributed by atoms with Crippen molar-refractivity contribution in [3.63, 3.8) is 0 Å². The van der Waals surface area contributed by atoms with Crippen LogP contribution >= 0.6 is 0 Å². The Balaban J connectivity index is 2.00. The molecule has 1 unspecified atom stereocenters. The first-order valence-electron chi connectivity index (χ1n) is 6.99. The van der Waals surface area contributed by atoms with Gasteiger partial charge in [-0.05, 0) is 32.0 Å².